The van der Waals surface area contributed by atoms with Gasteiger partial charge in [0.05, 0.1) is 12.7 Å². The molecule has 4 aromatic rings. The first-order valence-electron chi connectivity index (χ1n) is 7.03. The molecule has 0 unspecified atom stereocenters. The average Bonchev–Trinajstić information content (AvgIpc) is 3.21. The SMILES string of the molecule is COc1cccc2oc(Nc3nnc(-c4ccccc4F)o3)nc12. The Labute approximate surface area is 135 Å². The monoisotopic (exact) mass is 326 g/mol. The van der Waals surface area contributed by atoms with Crippen molar-refractivity contribution in [2.45, 2.75) is 0 Å². The molecular weight excluding hydrogens is 315 g/mol. The molecule has 0 bridgehead atoms. The Bertz CT molecular complexity index is 1010. The third-order valence-electron chi connectivity index (χ3n) is 3.35. The Balaban J connectivity index is 1.64. The highest BCUT2D eigenvalue weighted by atomic mass is 19.1. The lowest BCUT2D eigenvalue weighted by molar-refractivity contribution is 0.419. The molecule has 0 fully saturated rings. The number of nitrogens with one attached hydrogen (secondary N) is 1. The van der Waals surface area contributed by atoms with Crippen molar-refractivity contribution in [3.8, 4) is 17.2 Å². The van der Waals surface area contributed by atoms with Crippen LogP contribution in [0, 0.1) is 5.82 Å². The highest BCUT2D eigenvalue weighted by Gasteiger charge is 2.15. The zero-order valence-corrected chi connectivity index (χ0v) is 12.5. The van der Waals surface area contributed by atoms with E-state index in [0.717, 1.165) is 0 Å². The molecule has 0 aliphatic heterocycles. The number of oxazole rings is 1. The standard InChI is InChI=1S/C16H11FN4O3/c1-22-11-7-4-8-12-13(11)18-15(23-12)19-16-21-20-14(24-16)9-5-2-3-6-10(9)17/h2-8H,1H3,(H,18,19,21). The van der Waals surface area contributed by atoms with Gasteiger partial charge < -0.3 is 13.6 Å². The summed E-state index contributed by atoms with van der Waals surface area (Å²) in [4.78, 5) is 4.27. The molecule has 0 saturated carbocycles. The van der Waals surface area contributed by atoms with Crippen LogP contribution >= 0.6 is 0 Å². The third kappa shape index (κ3) is 2.43. The number of nitrogens with zero attached hydrogens (tertiary/aromatic N) is 3. The number of benzene rings is 2. The molecule has 2 aromatic carbocycles. The number of halogens is 1. The van der Waals surface area contributed by atoms with Crippen molar-refractivity contribution in [2.75, 3.05) is 12.4 Å². The van der Waals surface area contributed by atoms with Gasteiger partial charge in [0.15, 0.2) is 11.1 Å². The molecule has 0 atom stereocenters. The summed E-state index contributed by atoms with van der Waals surface area (Å²) in [6.07, 6.45) is 0. The Morgan fingerprint density at radius 2 is 1.88 bits per heavy atom. The first kappa shape index (κ1) is 14.2. The number of ether oxygens (including phenoxy) is 1. The molecule has 0 aliphatic carbocycles. The second-order valence-corrected chi connectivity index (χ2v) is 4.84. The summed E-state index contributed by atoms with van der Waals surface area (Å²) in [6, 6.07) is 11.7. The van der Waals surface area contributed by atoms with E-state index in [9.17, 15) is 4.39 Å². The number of aromatic nitrogens is 3. The van der Waals surface area contributed by atoms with Gasteiger partial charge in [0.2, 0.25) is 0 Å². The van der Waals surface area contributed by atoms with Crippen molar-refractivity contribution in [1.82, 2.24) is 15.2 Å². The Morgan fingerprint density at radius 1 is 1.00 bits per heavy atom. The van der Waals surface area contributed by atoms with Gasteiger partial charge in [0.1, 0.15) is 11.6 Å². The molecule has 24 heavy (non-hydrogen) atoms. The molecule has 4 rings (SSSR count). The number of methoxy groups -OCH3 is 1. The molecule has 8 heteroatoms. The lowest BCUT2D eigenvalue weighted by Gasteiger charge is -1.96. The number of rotatable bonds is 4. The lowest BCUT2D eigenvalue weighted by atomic mass is 10.2. The minimum Gasteiger partial charge on any atom is -0.494 e. The minimum atomic E-state index is -0.445. The second-order valence-electron chi connectivity index (χ2n) is 4.84. The Kier molecular flexibility index (Phi) is 3.34. The summed E-state index contributed by atoms with van der Waals surface area (Å²) in [5, 5.41) is 10.4. The first-order valence-corrected chi connectivity index (χ1v) is 7.03. The second kappa shape index (κ2) is 5.65. The zero-order valence-electron chi connectivity index (χ0n) is 12.5. The van der Waals surface area contributed by atoms with Crippen LogP contribution in [0.3, 0.4) is 0 Å². The quantitative estimate of drug-likeness (QED) is 0.611. The maximum absolute atomic E-state index is 13.7. The van der Waals surface area contributed by atoms with E-state index >= 15 is 0 Å². The highest BCUT2D eigenvalue weighted by molar-refractivity contribution is 5.81. The van der Waals surface area contributed by atoms with Crippen LogP contribution in [0.4, 0.5) is 16.4 Å². The van der Waals surface area contributed by atoms with Crippen molar-refractivity contribution in [2.24, 2.45) is 0 Å². The van der Waals surface area contributed by atoms with Crippen LogP contribution in [0.15, 0.2) is 51.3 Å². The van der Waals surface area contributed by atoms with Crippen molar-refractivity contribution >= 4 is 23.1 Å². The summed E-state index contributed by atoms with van der Waals surface area (Å²) in [5.41, 5.74) is 1.33. The average molecular weight is 326 g/mol. The summed E-state index contributed by atoms with van der Waals surface area (Å²) >= 11 is 0. The number of hydrogen-bond acceptors (Lipinski definition) is 7. The highest BCUT2D eigenvalue weighted by Crippen LogP contribution is 2.29. The van der Waals surface area contributed by atoms with Crippen molar-refractivity contribution in [3.63, 3.8) is 0 Å². The van der Waals surface area contributed by atoms with Crippen molar-refractivity contribution in [1.29, 1.82) is 0 Å². The van der Waals surface area contributed by atoms with Gasteiger partial charge in [-0.05, 0) is 24.3 Å². The van der Waals surface area contributed by atoms with Gasteiger partial charge in [-0.1, -0.05) is 23.3 Å². The van der Waals surface area contributed by atoms with E-state index in [4.69, 9.17) is 13.6 Å². The zero-order chi connectivity index (χ0) is 16.5. The smallest absolute Gasteiger partial charge is 0.323 e. The third-order valence-corrected chi connectivity index (χ3v) is 3.35. The fourth-order valence-corrected chi connectivity index (χ4v) is 2.25. The Morgan fingerprint density at radius 3 is 2.71 bits per heavy atom. The van der Waals surface area contributed by atoms with Crippen molar-refractivity contribution in [3.05, 3.63) is 48.3 Å². The first-order chi connectivity index (χ1) is 11.7. The van der Waals surface area contributed by atoms with E-state index < -0.39 is 5.82 Å². The van der Waals surface area contributed by atoms with Crippen LogP contribution in [0.1, 0.15) is 0 Å². The van der Waals surface area contributed by atoms with E-state index in [2.05, 4.69) is 20.5 Å². The number of hydrogen-bond donors (Lipinski definition) is 1. The minimum absolute atomic E-state index is 0.0405. The Hall–Kier alpha value is -3.42. The number of anilines is 2. The lowest BCUT2D eigenvalue weighted by Crippen LogP contribution is -1.90. The molecule has 0 aliphatic rings. The molecule has 0 radical (unpaired) electrons. The van der Waals surface area contributed by atoms with E-state index in [1.54, 1.807) is 43.5 Å². The van der Waals surface area contributed by atoms with Gasteiger partial charge in [-0.3, -0.25) is 5.32 Å². The molecule has 0 saturated heterocycles. The number of para-hydroxylation sites is 1. The molecule has 0 amide bonds. The fourth-order valence-electron chi connectivity index (χ4n) is 2.25. The predicted octanol–water partition coefficient (Wildman–Crippen LogP) is 3.77. The van der Waals surface area contributed by atoms with Crippen LogP contribution in [-0.2, 0) is 0 Å². The van der Waals surface area contributed by atoms with Gasteiger partial charge in [0.25, 0.3) is 5.89 Å². The van der Waals surface area contributed by atoms with Crippen LogP contribution in [0.25, 0.3) is 22.6 Å². The summed E-state index contributed by atoms with van der Waals surface area (Å²) in [6.45, 7) is 0. The molecule has 0 spiro atoms. The van der Waals surface area contributed by atoms with E-state index in [1.165, 1.54) is 6.07 Å². The van der Waals surface area contributed by atoms with Crippen LogP contribution in [-0.4, -0.2) is 22.3 Å². The van der Waals surface area contributed by atoms with Gasteiger partial charge >= 0.3 is 12.0 Å². The van der Waals surface area contributed by atoms with Gasteiger partial charge in [-0.15, -0.1) is 5.10 Å². The largest absolute Gasteiger partial charge is 0.494 e. The maximum Gasteiger partial charge on any atom is 0.323 e. The summed E-state index contributed by atoms with van der Waals surface area (Å²) < 4.78 is 29.9. The normalized spacial score (nSPS) is 10.9. The molecule has 7 nitrogen and oxygen atoms in total. The molecule has 1 N–H and O–H groups in total. The van der Waals surface area contributed by atoms with Gasteiger partial charge in [-0.2, -0.15) is 4.98 Å². The maximum atomic E-state index is 13.7. The predicted molar refractivity (Wildman–Crippen MR) is 83.5 cm³/mol. The molecule has 2 heterocycles. The molecular formula is C16H11FN4O3. The van der Waals surface area contributed by atoms with E-state index in [-0.39, 0.29) is 23.5 Å². The van der Waals surface area contributed by atoms with Gasteiger partial charge in [-0.25, -0.2) is 4.39 Å². The summed E-state index contributed by atoms with van der Waals surface area (Å²) in [7, 11) is 1.55. The van der Waals surface area contributed by atoms with Crippen LogP contribution in [0.5, 0.6) is 5.75 Å². The van der Waals surface area contributed by atoms with Gasteiger partial charge in [0, 0.05) is 0 Å². The number of fused-ring (bicyclic) bond motifs is 1. The van der Waals surface area contributed by atoms with Crippen LogP contribution in [0.2, 0.25) is 0 Å². The van der Waals surface area contributed by atoms with Crippen molar-refractivity contribution < 1.29 is 18.0 Å². The topological polar surface area (TPSA) is 86.2 Å². The fraction of sp³-hybridized carbons (Fsp3) is 0.0625. The summed E-state index contributed by atoms with van der Waals surface area (Å²) in [5.74, 6) is 0.200. The van der Waals surface area contributed by atoms with E-state index in [0.29, 0.717) is 16.8 Å². The van der Waals surface area contributed by atoms with E-state index in [1.807, 2.05) is 0 Å². The van der Waals surface area contributed by atoms with Crippen LogP contribution < -0.4 is 10.1 Å². The molecule has 2 aromatic heterocycles. The molecule has 120 valence electrons.